The average molecular weight is 517 g/mol. The second-order valence-electron chi connectivity index (χ2n) is 9.96. The van der Waals surface area contributed by atoms with Crippen LogP contribution in [0.15, 0.2) is 96.0 Å². The fourth-order valence-corrected chi connectivity index (χ4v) is 7.93. The summed E-state index contributed by atoms with van der Waals surface area (Å²) in [7, 11) is 0. The monoisotopic (exact) mass is 516 g/mol. The Morgan fingerprint density at radius 3 is 2.46 bits per heavy atom. The molecule has 3 aliphatic carbocycles. The van der Waals surface area contributed by atoms with Gasteiger partial charge in [-0.3, -0.25) is 0 Å². The molecule has 0 saturated heterocycles. The average Bonchev–Trinajstić information content (AvgIpc) is 3.44. The lowest BCUT2D eigenvalue weighted by atomic mass is 9.87. The lowest BCUT2D eigenvalue weighted by molar-refractivity contribution is 0.975. The van der Waals surface area contributed by atoms with Crippen LogP contribution in [0.2, 0.25) is 0 Å². The first-order chi connectivity index (χ1) is 18.2. The van der Waals surface area contributed by atoms with Crippen molar-refractivity contribution in [2.24, 2.45) is 0 Å². The third kappa shape index (κ3) is 4.81. The van der Waals surface area contributed by atoms with Gasteiger partial charge in [-0.15, -0.1) is 11.3 Å². The number of rotatable bonds is 6. The highest BCUT2D eigenvalue weighted by Crippen LogP contribution is 2.42. The highest BCUT2D eigenvalue weighted by molar-refractivity contribution is 8.08. The van der Waals surface area contributed by atoms with Crippen LogP contribution in [0.4, 0.5) is 0 Å². The van der Waals surface area contributed by atoms with Crippen LogP contribution in [0, 0.1) is 0 Å². The van der Waals surface area contributed by atoms with E-state index in [0.29, 0.717) is 0 Å². The molecule has 0 amide bonds. The second kappa shape index (κ2) is 10.7. The number of allylic oxidation sites excluding steroid dienone is 10. The van der Waals surface area contributed by atoms with Gasteiger partial charge in [-0.05, 0) is 102 Å². The van der Waals surface area contributed by atoms with Gasteiger partial charge < -0.3 is 0 Å². The van der Waals surface area contributed by atoms with Crippen LogP contribution >= 0.6 is 23.1 Å². The number of benzene rings is 2. The zero-order valence-electron chi connectivity index (χ0n) is 21.4. The lowest BCUT2D eigenvalue weighted by Gasteiger charge is -2.20. The van der Waals surface area contributed by atoms with Crippen molar-refractivity contribution in [1.29, 1.82) is 0 Å². The molecule has 3 aromatic rings. The van der Waals surface area contributed by atoms with Gasteiger partial charge in [0.05, 0.1) is 0 Å². The molecule has 0 unspecified atom stereocenters. The van der Waals surface area contributed by atoms with Gasteiger partial charge in [-0.1, -0.05) is 96.8 Å². The van der Waals surface area contributed by atoms with E-state index < -0.39 is 0 Å². The van der Waals surface area contributed by atoms with Gasteiger partial charge >= 0.3 is 0 Å². The molecule has 0 radical (unpaired) electrons. The first-order valence-electron chi connectivity index (χ1n) is 13.3. The van der Waals surface area contributed by atoms with E-state index in [9.17, 15) is 0 Å². The number of thioether (sulfide) groups is 1. The van der Waals surface area contributed by atoms with Gasteiger partial charge in [-0.25, -0.2) is 0 Å². The summed E-state index contributed by atoms with van der Waals surface area (Å²) in [6.45, 7) is 6.30. The Morgan fingerprint density at radius 1 is 0.865 bits per heavy atom. The molecular formula is C35H32S2. The van der Waals surface area contributed by atoms with Crippen LogP contribution in [-0.2, 0) is 0 Å². The molecule has 0 N–H and O–H groups in total. The molecule has 0 fully saturated rings. The summed E-state index contributed by atoms with van der Waals surface area (Å²) in [5.74, 6) is 0. The molecule has 2 heteroatoms. The van der Waals surface area contributed by atoms with Gasteiger partial charge in [0.15, 0.2) is 0 Å². The fourth-order valence-electron chi connectivity index (χ4n) is 5.56. The number of hydrogen-bond acceptors (Lipinski definition) is 2. The summed E-state index contributed by atoms with van der Waals surface area (Å²) in [5.41, 5.74) is 5.83. The number of fused-ring (bicyclic) bond motifs is 2. The minimum Gasteiger partial charge on any atom is -0.135 e. The topological polar surface area (TPSA) is 0 Å². The summed E-state index contributed by atoms with van der Waals surface area (Å²) in [6.07, 6.45) is 27.2. The van der Waals surface area contributed by atoms with Gasteiger partial charge in [0.25, 0.3) is 0 Å². The molecule has 0 aliphatic heterocycles. The summed E-state index contributed by atoms with van der Waals surface area (Å²) in [5, 5.41) is 5.56. The predicted molar refractivity (Wildman–Crippen MR) is 167 cm³/mol. The lowest BCUT2D eigenvalue weighted by Crippen LogP contribution is -2.33. The maximum Gasteiger partial charge on any atom is 0.0416 e. The molecule has 0 atom stereocenters. The highest BCUT2D eigenvalue weighted by atomic mass is 32.2. The smallest absolute Gasteiger partial charge is 0.0416 e. The van der Waals surface area contributed by atoms with E-state index in [0.717, 1.165) is 38.5 Å². The summed E-state index contributed by atoms with van der Waals surface area (Å²) in [6, 6.07) is 13.6. The molecule has 0 bridgehead atoms. The van der Waals surface area contributed by atoms with E-state index in [1.54, 1.807) is 0 Å². The predicted octanol–water partition coefficient (Wildman–Crippen LogP) is 9.43. The van der Waals surface area contributed by atoms with Crippen molar-refractivity contribution >= 4 is 62.1 Å². The molecule has 6 rings (SSSR count). The van der Waals surface area contributed by atoms with E-state index in [1.807, 2.05) is 29.2 Å². The first kappa shape index (κ1) is 24.3. The van der Waals surface area contributed by atoms with E-state index in [2.05, 4.69) is 98.5 Å². The molecule has 0 spiro atoms. The van der Waals surface area contributed by atoms with Gasteiger partial charge in [-0.2, -0.15) is 0 Å². The van der Waals surface area contributed by atoms with Crippen LogP contribution < -0.4 is 10.4 Å². The SMILES string of the molecule is C=C/C=C(\Sc1c2c(c(C3=CC=C(C)CC3)c3ccccc13)=CCCC=2)c1ccc(C2=CC=CCC2)s1. The molecule has 3 aliphatic rings. The van der Waals surface area contributed by atoms with Crippen molar-refractivity contribution in [3.05, 3.63) is 117 Å². The quantitative estimate of drug-likeness (QED) is 0.232. The Balaban J connectivity index is 1.51. The van der Waals surface area contributed by atoms with Gasteiger partial charge in [0.2, 0.25) is 0 Å². The van der Waals surface area contributed by atoms with Crippen LogP contribution in [0.1, 0.15) is 60.8 Å². The van der Waals surface area contributed by atoms with Crippen molar-refractivity contribution in [3.8, 4) is 0 Å². The van der Waals surface area contributed by atoms with E-state index in [1.165, 1.54) is 63.0 Å². The third-order valence-electron chi connectivity index (χ3n) is 7.45. The van der Waals surface area contributed by atoms with Crippen LogP contribution in [-0.4, -0.2) is 0 Å². The Labute approximate surface area is 228 Å². The standard InChI is InChI=1S/C35H32S2/c1-3-11-32(33-23-22-31(36-33)25-12-5-4-6-13-25)37-35-29-16-9-7-14-27(29)34(26-20-18-24(2)19-21-26)28-15-8-10-17-30(28)35/h3-5,7,9,11-12,14-18,20,22-23H,1,6,8,10,13,19,21H2,2H3/b32-11-. The molecule has 37 heavy (non-hydrogen) atoms. The number of hydrogen-bond donors (Lipinski definition) is 0. The van der Waals surface area contributed by atoms with Gasteiger partial charge in [0, 0.05) is 19.6 Å². The van der Waals surface area contributed by atoms with Crippen molar-refractivity contribution in [1.82, 2.24) is 0 Å². The Morgan fingerprint density at radius 2 is 1.70 bits per heavy atom. The molecule has 1 aromatic heterocycles. The molecule has 0 saturated carbocycles. The first-order valence-corrected chi connectivity index (χ1v) is 14.9. The summed E-state index contributed by atoms with van der Waals surface area (Å²) in [4.78, 5) is 5.33. The van der Waals surface area contributed by atoms with Crippen molar-refractivity contribution in [2.75, 3.05) is 0 Å². The minimum absolute atomic E-state index is 1.10. The maximum absolute atomic E-state index is 4.06. The second-order valence-corrected chi connectivity index (χ2v) is 12.1. The Hall–Kier alpha value is -3.07. The van der Waals surface area contributed by atoms with Crippen LogP contribution in [0.3, 0.4) is 0 Å². The summed E-state index contributed by atoms with van der Waals surface area (Å²) < 4.78 is 0. The minimum atomic E-state index is 1.10. The zero-order valence-corrected chi connectivity index (χ0v) is 23.1. The molecule has 184 valence electrons. The van der Waals surface area contributed by atoms with Gasteiger partial charge in [0.1, 0.15) is 0 Å². The van der Waals surface area contributed by atoms with Crippen LogP contribution in [0.5, 0.6) is 0 Å². The van der Waals surface area contributed by atoms with Crippen LogP contribution in [0.25, 0.3) is 39.0 Å². The van der Waals surface area contributed by atoms with Crippen molar-refractivity contribution in [2.45, 2.75) is 50.3 Å². The van der Waals surface area contributed by atoms with Crippen molar-refractivity contribution in [3.63, 3.8) is 0 Å². The molecular weight excluding hydrogens is 485 g/mol. The van der Waals surface area contributed by atoms with Crippen molar-refractivity contribution < 1.29 is 0 Å². The molecule has 2 aromatic carbocycles. The largest absolute Gasteiger partial charge is 0.135 e. The Bertz CT molecular complexity index is 1660. The maximum atomic E-state index is 4.06. The number of thiophene rings is 1. The summed E-state index contributed by atoms with van der Waals surface area (Å²) >= 11 is 3.81. The fraction of sp³-hybridized carbons (Fsp3) is 0.200. The van der Waals surface area contributed by atoms with E-state index in [4.69, 9.17) is 0 Å². The van der Waals surface area contributed by atoms with E-state index in [-0.39, 0.29) is 0 Å². The highest BCUT2D eigenvalue weighted by Gasteiger charge is 2.19. The molecule has 1 heterocycles. The normalized spacial score (nSPS) is 17.3. The zero-order chi connectivity index (χ0) is 25.2. The Kier molecular flexibility index (Phi) is 7.04. The van der Waals surface area contributed by atoms with E-state index >= 15 is 0 Å². The molecule has 0 nitrogen and oxygen atoms in total. The third-order valence-corrected chi connectivity index (χ3v) is 9.99.